The number of rotatable bonds is 5. The summed E-state index contributed by atoms with van der Waals surface area (Å²) in [7, 11) is 1.20. The fourth-order valence-corrected chi connectivity index (χ4v) is 1.06. The Balaban J connectivity index is 2.51. The van der Waals surface area contributed by atoms with Crippen LogP contribution < -0.4 is 5.82 Å². The van der Waals surface area contributed by atoms with Crippen molar-refractivity contribution in [1.29, 1.82) is 0 Å². The van der Waals surface area contributed by atoms with E-state index in [1.54, 1.807) is 0 Å². The molecule has 0 amide bonds. The van der Waals surface area contributed by atoms with E-state index in [1.807, 2.05) is 0 Å². The number of carbonyl (C=O) groups excluding carboxylic acids is 2. The second-order valence-electron chi connectivity index (χ2n) is 3.37. The summed E-state index contributed by atoms with van der Waals surface area (Å²) in [6.07, 6.45) is -0.260. The van der Waals surface area contributed by atoms with Crippen LogP contribution in [0.2, 0.25) is 0 Å². The van der Waals surface area contributed by atoms with Crippen molar-refractivity contribution in [2.24, 2.45) is 0 Å². The molecule has 0 aliphatic carbocycles. The molecule has 0 saturated carbocycles. The van der Waals surface area contributed by atoms with Crippen LogP contribution in [0.5, 0.6) is 0 Å². The second kappa shape index (κ2) is 5.85. The van der Waals surface area contributed by atoms with E-state index in [4.69, 9.17) is 4.74 Å². The zero-order valence-electron chi connectivity index (χ0n) is 9.98. The van der Waals surface area contributed by atoms with Crippen LogP contribution in [-0.2, 0) is 25.7 Å². The summed E-state index contributed by atoms with van der Waals surface area (Å²) >= 11 is 0. The first-order valence-electron chi connectivity index (χ1n) is 4.95. The van der Waals surface area contributed by atoms with E-state index in [1.165, 1.54) is 14.0 Å². The lowest BCUT2D eigenvalue weighted by Crippen LogP contribution is -2.12. The number of hydrogen-bond acceptors (Lipinski definition) is 7. The molecule has 0 aromatic carbocycles. The Morgan fingerprint density at radius 2 is 2.00 bits per heavy atom. The van der Waals surface area contributed by atoms with Crippen molar-refractivity contribution >= 4 is 11.9 Å². The molecular weight excluding hydrogens is 244 g/mol. The average molecular weight is 256 g/mol. The molecule has 1 heterocycles. The molecule has 0 radical (unpaired) electrons. The normalized spacial score (nSPS) is 9.89. The summed E-state index contributed by atoms with van der Waals surface area (Å²) in [5.74, 6) is -1.90. The highest BCUT2D eigenvalue weighted by molar-refractivity contribution is 5.93. The predicted octanol–water partition coefficient (Wildman–Crippen LogP) is 0.704. The molecule has 0 aliphatic heterocycles. The van der Waals surface area contributed by atoms with Gasteiger partial charge in [0.05, 0.1) is 13.5 Å². The Bertz CT molecular complexity index is 520. The molecule has 7 heteroatoms. The standard InChI is InChI=1S/C11H12O7/c1-6(4-9(12)15-3)10(13)16-5-8-7(2)17-11(14)18-8/h1,4-5H2,2-3H3. The molecule has 0 spiro atoms. The van der Waals surface area contributed by atoms with Crippen LogP contribution >= 0.6 is 0 Å². The van der Waals surface area contributed by atoms with Gasteiger partial charge in [0, 0.05) is 5.57 Å². The summed E-state index contributed by atoms with van der Waals surface area (Å²) in [5.41, 5.74) is -0.0506. The zero-order valence-corrected chi connectivity index (χ0v) is 9.98. The van der Waals surface area contributed by atoms with Crippen molar-refractivity contribution in [2.75, 3.05) is 7.11 Å². The SMILES string of the molecule is C=C(CC(=O)OC)C(=O)OCc1oc(=O)oc1C. The maximum atomic E-state index is 11.4. The van der Waals surface area contributed by atoms with Crippen molar-refractivity contribution in [3.8, 4) is 0 Å². The van der Waals surface area contributed by atoms with E-state index in [2.05, 4.69) is 20.2 Å². The van der Waals surface area contributed by atoms with E-state index >= 15 is 0 Å². The van der Waals surface area contributed by atoms with Crippen LogP contribution in [0.15, 0.2) is 25.8 Å². The lowest BCUT2D eigenvalue weighted by molar-refractivity contribution is -0.145. The number of ether oxygens (including phenoxy) is 2. The molecule has 1 rings (SSSR count). The first kappa shape index (κ1) is 13.8. The van der Waals surface area contributed by atoms with Crippen LogP contribution in [-0.4, -0.2) is 19.0 Å². The molecule has 0 unspecified atom stereocenters. The van der Waals surface area contributed by atoms with Gasteiger partial charge in [-0.15, -0.1) is 0 Å². The van der Waals surface area contributed by atoms with E-state index in [0.29, 0.717) is 0 Å². The minimum Gasteiger partial charge on any atom is -0.469 e. The lowest BCUT2D eigenvalue weighted by atomic mass is 10.2. The molecule has 98 valence electrons. The van der Waals surface area contributed by atoms with Gasteiger partial charge in [0.15, 0.2) is 18.1 Å². The third-order valence-electron chi connectivity index (χ3n) is 2.04. The summed E-state index contributed by atoms with van der Waals surface area (Å²) < 4.78 is 18.4. The van der Waals surface area contributed by atoms with Crippen LogP contribution in [0.4, 0.5) is 0 Å². The molecule has 0 aliphatic rings. The number of esters is 2. The highest BCUT2D eigenvalue weighted by atomic mass is 16.6. The van der Waals surface area contributed by atoms with E-state index < -0.39 is 17.8 Å². The Kier molecular flexibility index (Phi) is 4.47. The van der Waals surface area contributed by atoms with Gasteiger partial charge in [-0.1, -0.05) is 6.58 Å². The smallest absolute Gasteiger partial charge is 0.469 e. The zero-order chi connectivity index (χ0) is 13.7. The lowest BCUT2D eigenvalue weighted by Gasteiger charge is -2.04. The fourth-order valence-electron chi connectivity index (χ4n) is 1.06. The Hall–Kier alpha value is -2.31. The predicted molar refractivity (Wildman–Crippen MR) is 57.6 cm³/mol. The van der Waals surface area contributed by atoms with Gasteiger partial charge in [-0.05, 0) is 6.92 Å². The van der Waals surface area contributed by atoms with Crippen molar-refractivity contribution in [1.82, 2.24) is 0 Å². The largest absolute Gasteiger partial charge is 0.519 e. The van der Waals surface area contributed by atoms with Crippen LogP contribution in [0, 0.1) is 6.92 Å². The first-order chi connectivity index (χ1) is 8.43. The average Bonchev–Trinajstić information content (AvgIpc) is 2.64. The molecule has 1 aromatic rings. The minimum atomic E-state index is -0.869. The highest BCUT2D eigenvalue weighted by Crippen LogP contribution is 2.09. The minimum absolute atomic E-state index is 0.0506. The maximum Gasteiger partial charge on any atom is 0.519 e. The topological polar surface area (TPSA) is 96.0 Å². The van der Waals surface area contributed by atoms with Gasteiger partial charge in [-0.25, -0.2) is 9.59 Å². The summed E-state index contributed by atoms with van der Waals surface area (Å²) in [6.45, 7) is 4.62. The van der Waals surface area contributed by atoms with Gasteiger partial charge in [0.1, 0.15) is 0 Å². The van der Waals surface area contributed by atoms with Crippen LogP contribution in [0.25, 0.3) is 0 Å². The number of aryl methyl sites for hydroxylation is 1. The third kappa shape index (κ3) is 3.62. The molecule has 7 nitrogen and oxygen atoms in total. The van der Waals surface area contributed by atoms with Gasteiger partial charge >= 0.3 is 17.8 Å². The third-order valence-corrected chi connectivity index (χ3v) is 2.04. The number of carbonyl (C=O) groups is 2. The van der Waals surface area contributed by atoms with E-state index in [-0.39, 0.29) is 30.1 Å². The second-order valence-corrected chi connectivity index (χ2v) is 3.37. The maximum absolute atomic E-state index is 11.4. The first-order valence-corrected chi connectivity index (χ1v) is 4.95. The van der Waals surface area contributed by atoms with Gasteiger partial charge in [-0.3, -0.25) is 4.79 Å². The highest BCUT2D eigenvalue weighted by Gasteiger charge is 2.16. The fraction of sp³-hybridized carbons (Fsp3) is 0.364. The number of hydrogen-bond donors (Lipinski definition) is 0. The summed E-state index contributed by atoms with van der Waals surface area (Å²) in [6, 6.07) is 0. The monoisotopic (exact) mass is 256 g/mol. The molecule has 0 N–H and O–H groups in total. The van der Waals surface area contributed by atoms with Gasteiger partial charge in [0.25, 0.3) is 0 Å². The Labute approximate surface area is 102 Å². The molecule has 0 bridgehead atoms. The molecule has 0 fully saturated rings. The van der Waals surface area contributed by atoms with E-state index in [0.717, 1.165) is 0 Å². The van der Waals surface area contributed by atoms with Crippen molar-refractivity contribution in [3.05, 3.63) is 34.3 Å². The van der Waals surface area contributed by atoms with Crippen LogP contribution in [0.3, 0.4) is 0 Å². The molecule has 0 atom stereocenters. The van der Waals surface area contributed by atoms with Gasteiger partial charge < -0.3 is 18.3 Å². The van der Waals surface area contributed by atoms with Gasteiger partial charge in [-0.2, -0.15) is 0 Å². The Morgan fingerprint density at radius 1 is 1.33 bits per heavy atom. The van der Waals surface area contributed by atoms with Gasteiger partial charge in [0.2, 0.25) is 0 Å². The van der Waals surface area contributed by atoms with Crippen molar-refractivity contribution < 1.29 is 27.9 Å². The van der Waals surface area contributed by atoms with Crippen molar-refractivity contribution in [2.45, 2.75) is 20.0 Å². The molecular formula is C11H12O7. The summed E-state index contributed by atoms with van der Waals surface area (Å²) in [4.78, 5) is 33.0. The van der Waals surface area contributed by atoms with Crippen LogP contribution in [0.1, 0.15) is 17.9 Å². The summed E-state index contributed by atoms with van der Waals surface area (Å²) in [5, 5.41) is 0. The van der Waals surface area contributed by atoms with E-state index in [9.17, 15) is 14.4 Å². The Morgan fingerprint density at radius 3 is 2.50 bits per heavy atom. The molecule has 18 heavy (non-hydrogen) atoms. The molecule has 0 saturated heterocycles. The molecule has 1 aromatic heterocycles. The number of methoxy groups -OCH3 is 1. The van der Waals surface area contributed by atoms with Crippen molar-refractivity contribution in [3.63, 3.8) is 0 Å². The quantitative estimate of drug-likeness (QED) is 0.565.